The summed E-state index contributed by atoms with van der Waals surface area (Å²) in [7, 11) is 4.25. The van der Waals surface area contributed by atoms with Gasteiger partial charge in [-0.3, -0.25) is 0 Å². The molecule has 0 aliphatic rings. The first-order chi connectivity index (χ1) is 13.8. The smallest absolute Gasteiger partial charge is 0.416 e. The topological polar surface area (TPSA) is 70.0 Å². The number of nitrogens with zero attached hydrogens (tertiary/aromatic N) is 1. The number of ether oxygens (including phenoxy) is 1. The molecule has 0 saturated heterocycles. The van der Waals surface area contributed by atoms with Gasteiger partial charge in [0.1, 0.15) is 12.9 Å². The fraction of sp³-hybridized carbons (Fsp3) is 0.476. The Bertz CT molecular complexity index is 653. The summed E-state index contributed by atoms with van der Waals surface area (Å²) >= 11 is 0. The third-order valence-electron chi connectivity index (χ3n) is 3.09. The fourth-order valence-electron chi connectivity index (χ4n) is 2.28. The number of carbonyl (C=O) groups excluding carboxylic acids is 1. The Kier molecular flexibility index (Phi) is 20.0. The van der Waals surface area contributed by atoms with E-state index in [-0.39, 0.29) is 11.1 Å². The lowest BCUT2D eigenvalue weighted by Gasteiger charge is -2.27. The van der Waals surface area contributed by atoms with Crippen LogP contribution in [0.15, 0.2) is 12.1 Å². The van der Waals surface area contributed by atoms with Crippen molar-refractivity contribution < 1.29 is 32.9 Å². The molecule has 1 aromatic carbocycles. The molecule has 8 heteroatoms. The van der Waals surface area contributed by atoms with Crippen molar-refractivity contribution in [2.45, 2.75) is 32.9 Å². The highest BCUT2D eigenvalue weighted by Gasteiger charge is 2.32. The first-order valence-corrected chi connectivity index (χ1v) is 8.56. The Morgan fingerprint density at radius 3 is 1.83 bits per heavy atom. The number of methoxy groups -OCH3 is 1. The van der Waals surface area contributed by atoms with Crippen LogP contribution in [0.1, 0.15) is 43.4 Å². The number of hydrogen-bond donors (Lipinski definition) is 2. The predicted octanol–water partition coefficient (Wildman–Crippen LogP) is 3.68. The summed E-state index contributed by atoms with van der Waals surface area (Å²) in [6, 6.07) is 1.88. The lowest BCUT2D eigenvalue weighted by molar-refractivity contribution is -0.137. The minimum atomic E-state index is -4.52. The average Bonchev–Trinajstić information content (AvgIpc) is 2.70. The molecule has 2 N–H and O–H groups in total. The molecule has 1 rings (SSSR count). The lowest BCUT2D eigenvalue weighted by Crippen LogP contribution is -2.27. The second kappa shape index (κ2) is 18.7. The number of halogens is 3. The van der Waals surface area contributed by atoms with Crippen LogP contribution in [0.5, 0.6) is 0 Å². The summed E-state index contributed by atoms with van der Waals surface area (Å²) < 4.78 is 43.1. The minimum absolute atomic E-state index is 0.0900. The molecular formula is C21H30F3NO4. The standard InChI is InChI=1S/C17H18F3NO.C2H6O.CH4O.CH2O/c1-4-8-21(9-5-2)16-13(6-3)11-15(17(18,19)20)12-14(16)7-10-22;1-3-2;2*1-2/h3,11-12,22H,4-5,8-9H2,1-2H3;1-2H3;2H,1H3;1H2. The van der Waals surface area contributed by atoms with Gasteiger partial charge in [0, 0.05) is 40.0 Å². The Balaban J connectivity index is -0.000000856. The molecule has 0 aromatic heterocycles. The second-order valence-electron chi connectivity index (χ2n) is 5.19. The molecule has 0 atom stereocenters. The zero-order valence-corrected chi connectivity index (χ0v) is 17.6. The first-order valence-electron chi connectivity index (χ1n) is 8.56. The lowest BCUT2D eigenvalue weighted by atomic mass is 10.0. The van der Waals surface area contributed by atoms with Crippen molar-refractivity contribution >= 4 is 12.5 Å². The third-order valence-corrected chi connectivity index (χ3v) is 3.09. The number of alkyl halides is 3. The van der Waals surface area contributed by atoms with Crippen molar-refractivity contribution in [2.75, 3.05) is 39.3 Å². The van der Waals surface area contributed by atoms with Crippen LogP contribution in [0.25, 0.3) is 0 Å². The zero-order chi connectivity index (χ0) is 23.5. The number of terminal acetylenes is 1. The van der Waals surface area contributed by atoms with Crippen LogP contribution in [-0.4, -0.2) is 51.4 Å². The predicted molar refractivity (Wildman–Crippen MR) is 109 cm³/mol. The van der Waals surface area contributed by atoms with E-state index in [0.29, 0.717) is 18.8 Å². The maximum absolute atomic E-state index is 13.0. The van der Waals surface area contributed by atoms with E-state index in [1.807, 2.05) is 25.5 Å². The molecule has 164 valence electrons. The molecular weight excluding hydrogens is 387 g/mol. The van der Waals surface area contributed by atoms with Gasteiger partial charge in [0.05, 0.1) is 16.8 Å². The summed E-state index contributed by atoms with van der Waals surface area (Å²) in [4.78, 5) is 9.91. The number of carbonyl (C=O) groups is 1. The van der Waals surface area contributed by atoms with Crippen molar-refractivity contribution in [3.05, 3.63) is 28.8 Å². The fourth-order valence-corrected chi connectivity index (χ4v) is 2.28. The summed E-state index contributed by atoms with van der Waals surface area (Å²) in [6.45, 7) is 7.24. The monoisotopic (exact) mass is 417 g/mol. The number of aliphatic hydroxyl groups is 2. The van der Waals surface area contributed by atoms with Gasteiger partial charge in [-0.25, -0.2) is 0 Å². The van der Waals surface area contributed by atoms with Crippen LogP contribution >= 0.6 is 0 Å². The van der Waals surface area contributed by atoms with E-state index < -0.39 is 11.7 Å². The number of aliphatic hydroxyl groups excluding tert-OH is 2. The zero-order valence-electron chi connectivity index (χ0n) is 17.6. The van der Waals surface area contributed by atoms with Crippen LogP contribution in [0.4, 0.5) is 18.9 Å². The summed E-state index contributed by atoms with van der Waals surface area (Å²) in [6.07, 6.45) is 4.20. The maximum Gasteiger partial charge on any atom is 0.416 e. The van der Waals surface area contributed by atoms with Gasteiger partial charge in [-0.1, -0.05) is 19.8 Å². The van der Waals surface area contributed by atoms with Crippen LogP contribution in [0.3, 0.4) is 0 Å². The van der Waals surface area contributed by atoms with Crippen molar-refractivity contribution in [1.82, 2.24) is 0 Å². The van der Waals surface area contributed by atoms with E-state index in [4.69, 9.17) is 21.4 Å². The van der Waals surface area contributed by atoms with E-state index in [1.165, 1.54) is 0 Å². The van der Waals surface area contributed by atoms with E-state index in [9.17, 15) is 13.2 Å². The number of benzene rings is 1. The first kappa shape index (κ1) is 31.0. The SMILES string of the molecule is C#Cc1cc(C(F)(F)F)cc(C#CO)c1N(CCC)CCC.C=O.CO.COC. The van der Waals surface area contributed by atoms with Crippen LogP contribution in [0.2, 0.25) is 0 Å². The Hall–Kier alpha value is -2.68. The summed E-state index contributed by atoms with van der Waals surface area (Å²) in [5.74, 6) is 4.64. The van der Waals surface area contributed by atoms with E-state index in [0.717, 1.165) is 32.1 Å². The molecule has 0 aliphatic carbocycles. The van der Waals surface area contributed by atoms with Gasteiger partial charge in [-0.15, -0.1) is 6.42 Å². The van der Waals surface area contributed by atoms with Gasteiger partial charge in [-0.2, -0.15) is 13.2 Å². The second-order valence-corrected chi connectivity index (χ2v) is 5.19. The molecule has 0 spiro atoms. The molecule has 0 heterocycles. The van der Waals surface area contributed by atoms with Crippen molar-refractivity contribution in [3.63, 3.8) is 0 Å². The van der Waals surface area contributed by atoms with Gasteiger partial charge < -0.3 is 24.6 Å². The Morgan fingerprint density at radius 1 is 1.10 bits per heavy atom. The Labute approximate surface area is 171 Å². The highest BCUT2D eigenvalue weighted by molar-refractivity contribution is 5.71. The Morgan fingerprint density at radius 2 is 1.52 bits per heavy atom. The van der Waals surface area contributed by atoms with Crippen LogP contribution in [0, 0.1) is 24.4 Å². The number of anilines is 1. The van der Waals surface area contributed by atoms with Gasteiger partial charge in [-0.05, 0) is 30.9 Å². The molecule has 1 aromatic rings. The van der Waals surface area contributed by atoms with E-state index in [1.54, 1.807) is 20.3 Å². The molecule has 0 fully saturated rings. The average molecular weight is 417 g/mol. The van der Waals surface area contributed by atoms with Crippen molar-refractivity contribution in [3.8, 4) is 24.4 Å². The van der Waals surface area contributed by atoms with E-state index in [2.05, 4.69) is 16.6 Å². The summed E-state index contributed by atoms with van der Waals surface area (Å²) in [5.41, 5.74) is -0.169. The number of rotatable bonds is 5. The molecule has 0 aliphatic heterocycles. The molecule has 0 bridgehead atoms. The summed E-state index contributed by atoms with van der Waals surface area (Å²) in [5, 5.41) is 15.8. The van der Waals surface area contributed by atoms with Crippen molar-refractivity contribution in [2.24, 2.45) is 0 Å². The molecule has 0 radical (unpaired) electrons. The van der Waals surface area contributed by atoms with Gasteiger partial charge in [0.25, 0.3) is 0 Å². The third kappa shape index (κ3) is 11.7. The highest BCUT2D eigenvalue weighted by Crippen LogP contribution is 2.35. The van der Waals surface area contributed by atoms with E-state index >= 15 is 0 Å². The van der Waals surface area contributed by atoms with Crippen molar-refractivity contribution in [1.29, 1.82) is 0 Å². The normalized spacial score (nSPS) is 8.97. The molecule has 0 unspecified atom stereocenters. The van der Waals surface area contributed by atoms with Crippen LogP contribution in [-0.2, 0) is 15.7 Å². The molecule has 29 heavy (non-hydrogen) atoms. The minimum Gasteiger partial charge on any atom is -0.462 e. The van der Waals surface area contributed by atoms with Gasteiger partial charge >= 0.3 is 6.18 Å². The largest absolute Gasteiger partial charge is 0.462 e. The molecule has 0 saturated carbocycles. The van der Waals surface area contributed by atoms with Crippen LogP contribution < -0.4 is 4.90 Å². The van der Waals surface area contributed by atoms with Gasteiger partial charge in [0.2, 0.25) is 0 Å². The van der Waals surface area contributed by atoms with Gasteiger partial charge in [0.15, 0.2) is 0 Å². The number of hydrogen-bond acceptors (Lipinski definition) is 5. The highest BCUT2D eigenvalue weighted by atomic mass is 19.4. The quantitative estimate of drug-likeness (QED) is 0.716. The molecule has 0 amide bonds. The molecule has 5 nitrogen and oxygen atoms in total. The maximum atomic E-state index is 13.0.